The Bertz CT molecular complexity index is 871. The lowest BCUT2D eigenvalue weighted by atomic mass is 10.0. The second-order valence-electron chi connectivity index (χ2n) is 7.58. The molecule has 30 heavy (non-hydrogen) atoms. The molecule has 0 saturated heterocycles. The van der Waals surface area contributed by atoms with Gasteiger partial charge in [0.25, 0.3) is 0 Å². The molecule has 162 valence electrons. The zero-order valence-corrected chi connectivity index (χ0v) is 19.4. The molecule has 0 amide bonds. The monoisotopic (exact) mass is 448 g/mol. The Labute approximate surface area is 189 Å². The van der Waals surface area contributed by atoms with Gasteiger partial charge in [-0.15, -0.1) is 0 Å². The predicted octanol–water partition coefficient (Wildman–Crippen LogP) is 5.75. The van der Waals surface area contributed by atoms with E-state index in [0.29, 0.717) is 29.7 Å². The van der Waals surface area contributed by atoms with Crippen molar-refractivity contribution in [3.63, 3.8) is 0 Å². The Morgan fingerprint density at radius 1 is 1.23 bits per heavy atom. The van der Waals surface area contributed by atoms with E-state index in [2.05, 4.69) is 5.32 Å². The minimum atomic E-state index is -0.901. The van der Waals surface area contributed by atoms with Gasteiger partial charge in [0.15, 0.2) is 5.11 Å². The van der Waals surface area contributed by atoms with Crippen LogP contribution in [-0.4, -0.2) is 33.7 Å². The number of rotatable bonds is 9. The summed E-state index contributed by atoms with van der Waals surface area (Å²) >= 11 is 11.8. The van der Waals surface area contributed by atoms with Crippen molar-refractivity contribution in [3.8, 4) is 5.75 Å². The van der Waals surface area contributed by atoms with E-state index < -0.39 is 12.0 Å². The van der Waals surface area contributed by atoms with E-state index in [0.717, 1.165) is 22.6 Å². The summed E-state index contributed by atoms with van der Waals surface area (Å²) in [5.74, 6) is 0.0752. The molecule has 0 fully saturated rings. The zero-order chi connectivity index (χ0) is 22.3. The van der Waals surface area contributed by atoms with Crippen LogP contribution in [0, 0.1) is 12.8 Å². The molecule has 2 N–H and O–H groups in total. The normalized spacial score (nSPS) is 11.8. The fourth-order valence-electron chi connectivity index (χ4n) is 3.10. The highest BCUT2D eigenvalue weighted by molar-refractivity contribution is 7.80. The number of aryl methyl sites for hydroxylation is 1. The first kappa shape index (κ1) is 24.0. The molecule has 2 rings (SSSR count). The van der Waals surface area contributed by atoms with E-state index in [1.807, 2.05) is 64.1 Å². The number of hydrogen-bond acceptors (Lipinski definition) is 3. The van der Waals surface area contributed by atoms with E-state index in [4.69, 9.17) is 28.6 Å². The van der Waals surface area contributed by atoms with Crippen molar-refractivity contribution in [1.29, 1.82) is 0 Å². The van der Waals surface area contributed by atoms with Crippen LogP contribution in [-0.2, 0) is 11.3 Å². The molecule has 0 spiro atoms. The number of anilines is 1. The molecule has 0 heterocycles. The van der Waals surface area contributed by atoms with Crippen molar-refractivity contribution >= 4 is 40.6 Å². The maximum absolute atomic E-state index is 12.1. The summed E-state index contributed by atoms with van der Waals surface area (Å²) in [6.07, 6.45) is 0.475. The van der Waals surface area contributed by atoms with Crippen molar-refractivity contribution in [2.75, 3.05) is 11.9 Å². The van der Waals surface area contributed by atoms with Gasteiger partial charge in [0.05, 0.1) is 6.61 Å². The quantitative estimate of drug-likeness (QED) is 0.476. The van der Waals surface area contributed by atoms with Gasteiger partial charge in [0.2, 0.25) is 0 Å². The lowest BCUT2D eigenvalue weighted by molar-refractivity contribution is -0.142. The largest absolute Gasteiger partial charge is 0.494 e. The molecule has 2 aromatic carbocycles. The Morgan fingerprint density at radius 3 is 2.47 bits per heavy atom. The minimum absolute atomic E-state index is 0.199. The highest BCUT2D eigenvalue weighted by atomic mass is 35.5. The van der Waals surface area contributed by atoms with E-state index in [1.54, 1.807) is 11.0 Å². The second-order valence-corrected chi connectivity index (χ2v) is 8.40. The van der Waals surface area contributed by atoms with Crippen LogP contribution in [0.5, 0.6) is 5.75 Å². The van der Waals surface area contributed by atoms with E-state index in [-0.39, 0.29) is 5.92 Å². The number of benzene rings is 2. The average Bonchev–Trinajstić information content (AvgIpc) is 2.68. The molecule has 0 radical (unpaired) electrons. The Morgan fingerprint density at radius 2 is 1.90 bits per heavy atom. The molecule has 7 heteroatoms. The maximum Gasteiger partial charge on any atom is 0.326 e. The third-order valence-electron chi connectivity index (χ3n) is 4.65. The van der Waals surface area contributed by atoms with Crippen molar-refractivity contribution < 1.29 is 14.6 Å². The summed E-state index contributed by atoms with van der Waals surface area (Å²) in [6, 6.07) is 12.4. The average molecular weight is 449 g/mol. The number of halogens is 1. The number of ether oxygens (including phenoxy) is 1. The van der Waals surface area contributed by atoms with Crippen LogP contribution in [0.1, 0.15) is 38.3 Å². The molecule has 0 saturated carbocycles. The molecule has 1 atom stereocenters. The number of hydrogen-bond donors (Lipinski definition) is 2. The van der Waals surface area contributed by atoms with Crippen molar-refractivity contribution in [2.45, 2.75) is 46.7 Å². The summed E-state index contributed by atoms with van der Waals surface area (Å²) in [5.41, 5.74) is 2.68. The molecular weight excluding hydrogens is 420 g/mol. The number of nitrogens with one attached hydrogen (secondary N) is 1. The summed E-state index contributed by atoms with van der Waals surface area (Å²) in [6.45, 7) is 8.84. The lowest BCUT2D eigenvalue weighted by Gasteiger charge is -2.33. The summed E-state index contributed by atoms with van der Waals surface area (Å²) in [4.78, 5) is 13.8. The van der Waals surface area contributed by atoms with Crippen LogP contribution in [0.25, 0.3) is 0 Å². The van der Waals surface area contributed by atoms with Gasteiger partial charge in [-0.05, 0) is 73.8 Å². The smallest absolute Gasteiger partial charge is 0.326 e. The fourth-order valence-corrected chi connectivity index (χ4v) is 3.58. The van der Waals surface area contributed by atoms with Gasteiger partial charge in [-0.25, -0.2) is 4.79 Å². The van der Waals surface area contributed by atoms with E-state index in [1.165, 1.54) is 0 Å². The molecule has 1 unspecified atom stereocenters. The number of aliphatic carboxylic acids is 1. The summed E-state index contributed by atoms with van der Waals surface area (Å²) in [5, 5.41) is 14.1. The Hall–Kier alpha value is -2.31. The van der Waals surface area contributed by atoms with Gasteiger partial charge in [-0.2, -0.15) is 0 Å². The molecule has 2 aromatic rings. The van der Waals surface area contributed by atoms with Crippen LogP contribution in [0.4, 0.5) is 5.69 Å². The molecule has 0 aliphatic heterocycles. The first-order valence-corrected chi connectivity index (χ1v) is 10.8. The highest BCUT2D eigenvalue weighted by Gasteiger charge is 2.29. The van der Waals surface area contributed by atoms with Gasteiger partial charge in [-0.1, -0.05) is 43.6 Å². The van der Waals surface area contributed by atoms with Crippen LogP contribution in [0.3, 0.4) is 0 Å². The maximum atomic E-state index is 12.1. The lowest BCUT2D eigenvalue weighted by Crippen LogP contribution is -2.47. The standard InChI is InChI=1S/C23H29ClN2O3S/c1-5-29-19-10-7-17(8-11-19)14-26(21(22(27)28)12-15(2)3)23(30)25-20-13-18(24)9-6-16(20)4/h6-11,13,15,21H,5,12,14H2,1-4H3,(H,25,30)(H,27,28). The number of carboxylic acids is 1. The highest BCUT2D eigenvalue weighted by Crippen LogP contribution is 2.23. The SMILES string of the molecule is CCOc1ccc(CN(C(=S)Nc2cc(Cl)ccc2C)C(CC(C)C)C(=O)O)cc1. The van der Waals surface area contributed by atoms with Gasteiger partial charge in [0, 0.05) is 17.3 Å². The van der Waals surface area contributed by atoms with Crippen LogP contribution in [0.15, 0.2) is 42.5 Å². The third kappa shape index (κ3) is 6.89. The van der Waals surface area contributed by atoms with Crippen molar-refractivity contribution in [1.82, 2.24) is 4.90 Å². The predicted molar refractivity (Wildman–Crippen MR) is 126 cm³/mol. The third-order valence-corrected chi connectivity index (χ3v) is 5.22. The van der Waals surface area contributed by atoms with Gasteiger partial charge < -0.3 is 20.1 Å². The Kier molecular flexibility index (Phi) is 8.93. The number of carbonyl (C=O) groups is 1. The van der Waals surface area contributed by atoms with Crippen LogP contribution >= 0.6 is 23.8 Å². The number of carboxylic acid groups (broad SMARTS) is 1. The van der Waals surface area contributed by atoms with Crippen molar-refractivity contribution in [2.24, 2.45) is 5.92 Å². The van der Waals surface area contributed by atoms with E-state index >= 15 is 0 Å². The zero-order valence-electron chi connectivity index (χ0n) is 17.8. The Balaban J connectivity index is 2.32. The second kappa shape index (κ2) is 11.2. The van der Waals surface area contributed by atoms with Gasteiger partial charge >= 0.3 is 5.97 Å². The van der Waals surface area contributed by atoms with Crippen LogP contribution in [0.2, 0.25) is 5.02 Å². The molecule has 5 nitrogen and oxygen atoms in total. The molecule has 0 bridgehead atoms. The van der Waals surface area contributed by atoms with Gasteiger partial charge in [0.1, 0.15) is 11.8 Å². The first-order chi connectivity index (χ1) is 14.2. The number of thiocarbonyl (C=S) groups is 1. The number of nitrogens with zero attached hydrogens (tertiary/aromatic N) is 1. The van der Waals surface area contributed by atoms with Gasteiger partial charge in [-0.3, -0.25) is 0 Å². The minimum Gasteiger partial charge on any atom is -0.494 e. The topological polar surface area (TPSA) is 61.8 Å². The summed E-state index contributed by atoms with van der Waals surface area (Å²) < 4.78 is 5.50. The first-order valence-electron chi connectivity index (χ1n) is 9.99. The molecule has 0 aliphatic rings. The van der Waals surface area contributed by atoms with Crippen molar-refractivity contribution in [3.05, 3.63) is 58.6 Å². The van der Waals surface area contributed by atoms with Crippen LogP contribution < -0.4 is 10.1 Å². The molecule has 0 aromatic heterocycles. The molecule has 0 aliphatic carbocycles. The van der Waals surface area contributed by atoms with E-state index in [9.17, 15) is 9.90 Å². The molecular formula is C23H29ClN2O3S. The fraction of sp³-hybridized carbons (Fsp3) is 0.391. The summed E-state index contributed by atoms with van der Waals surface area (Å²) in [7, 11) is 0.